The Hall–Kier alpha value is -0.660. The highest BCUT2D eigenvalue weighted by Gasteiger charge is 2.27. The summed E-state index contributed by atoms with van der Waals surface area (Å²) in [5, 5.41) is 9.00. The molecule has 0 radical (unpaired) electrons. The molecule has 7 heteroatoms. The van der Waals surface area contributed by atoms with E-state index in [0.29, 0.717) is 25.9 Å². The van der Waals surface area contributed by atoms with E-state index in [-0.39, 0.29) is 11.7 Å². The minimum absolute atomic E-state index is 0.0728. The number of sulfonamides is 1. The second kappa shape index (κ2) is 8.44. The molecule has 0 heterocycles. The highest BCUT2D eigenvalue weighted by Crippen LogP contribution is 2.09. The van der Waals surface area contributed by atoms with Crippen LogP contribution >= 0.6 is 0 Å². The number of carboxylic acids is 1. The third-order valence-electron chi connectivity index (χ3n) is 2.80. The van der Waals surface area contributed by atoms with Gasteiger partial charge in [-0.3, -0.25) is 4.79 Å². The van der Waals surface area contributed by atoms with Gasteiger partial charge in [-0.1, -0.05) is 20.3 Å². The lowest BCUT2D eigenvalue weighted by atomic mass is 10.0. The van der Waals surface area contributed by atoms with Crippen molar-refractivity contribution in [1.82, 2.24) is 4.72 Å². The number of unbranched alkanes of at least 4 members (excludes halogenated alkanes) is 1. The molecule has 6 nitrogen and oxygen atoms in total. The molecule has 0 aliphatic heterocycles. The largest absolute Gasteiger partial charge is 0.480 e. The summed E-state index contributed by atoms with van der Waals surface area (Å²) in [6.45, 7) is 4.04. The summed E-state index contributed by atoms with van der Waals surface area (Å²) in [5.41, 5.74) is 0. The molecular formula is C11H23NO5S. The van der Waals surface area contributed by atoms with Crippen LogP contribution in [0.1, 0.15) is 33.1 Å². The van der Waals surface area contributed by atoms with Crippen molar-refractivity contribution in [3.05, 3.63) is 0 Å². The van der Waals surface area contributed by atoms with Crippen LogP contribution < -0.4 is 4.72 Å². The number of aliphatic carboxylic acids is 1. The highest BCUT2D eigenvalue weighted by molar-refractivity contribution is 7.89. The lowest BCUT2D eigenvalue weighted by Gasteiger charge is -2.20. The maximum absolute atomic E-state index is 11.7. The average Bonchev–Trinajstić information content (AvgIpc) is 2.30. The van der Waals surface area contributed by atoms with E-state index in [9.17, 15) is 13.2 Å². The Kier molecular flexibility index (Phi) is 8.13. The number of methoxy groups -OCH3 is 1. The number of carboxylic acid groups (broad SMARTS) is 1. The van der Waals surface area contributed by atoms with Crippen molar-refractivity contribution in [1.29, 1.82) is 0 Å². The molecule has 0 saturated heterocycles. The number of nitrogens with one attached hydrogen (secondary N) is 1. The van der Waals surface area contributed by atoms with Crippen LogP contribution in [0.4, 0.5) is 0 Å². The summed E-state index contributed by atoms with van der Waals surface area (Å²) >= 11 is 0. The fourth-order valence-electron chi connectivity index (χ4n) is 1.44. The first-order valence-electron chi connectivity index (χ1n) is 6.05. The van der Waals surface area contributed by atoms with Crippen molar-refractivity contribution in [3.8, 4) is 0 Å². The predicted molar refractivity (Wildman–Crippen MR) is 68.9 cm³/mol. The minimum Gasteiger partial charge on any atom is -0.480 e. The smallest absolute Gasteiger partial charge is 0.322 e. The molecule has 108 valence electrons. The van der Waals surface area contributed by atoms with Crippen molar-refractivity contribution in [2.75, 3.05) is 19.5 Å². The van der Waals surface area contributed by atoms with Gasteiger partial charge in [-0.2, -0.15) is 0 Å². The van der Waals surface area contributed by atoms with Gasteiger partial charge < -0.3 is 9.84 Å². The van der Waals surface area contributed by atoms with Gasteiger partial charge in [0.25, 0.3) is 0 Å². The van der Waals surface area contributed by atoms with E-state index in [0.717, 1.165) is 0 Å². The summed E-state index contributed by atoms with van der Waals surface area (Å²) in [6.07, 6.45) is 1.69. The van der Waals surface area contributed by atoms with E-state index < -0.39 is 22.0 Å². The van der Waals surface area contributed by atoms with Crippen molar-refractivity contribution in [2.45, 2.75) is 39.2 Å². The van der Waals surface area contributed by atoms with Gasteiger partial charge in [-0.15, -0.1) is 0 Å². The molecule has 0 aliphatic carbocycles. The lowest BCUT2D eigenvalue weighted by molar-refractivity contribution is -0.140. The van der Waals surface area contributed by atoms with Gasteiger partial charge in [0.15, 0.2) is 0 Å². The summed E-state index contributed by atoms with van der Waals surface area (Å²) in [6, 6.07) is -1.05. The van der Waals surface area contributed by atoms with E-state index in [1.807, 2.05) is 6.92 Å². The summed E-state index contributed by atoms with van der Waals surface area (Å²) in [4.78, 5) is 11.0. The molecule has 0 saturated carbocycles. The topological polar surface area (TPSA) is 92.7 Å². The van der Waals surface area contributed by atoms with Gasteiger partial charge in [-0.25, -0.2) is 13.1 Å². The van der Waals surface area contributed by atoms with E-state index >= 15 is 0 Å². The first kappa shape index (κ1) is 17.3. The van der Waals surface area contributed by atoms with Gasteiger partial charge in [0.1, 0.15) is 6.04 Å². The van der Waals surface area contributed by atoms with Crippen molar-refractivity contribution in [2.24, 2.45) is 5.92 Å². The number of ether oxygens (including phenoxy) is 1. The molecule has 0 aliphatic rings. The molecule has 0 rings (SSSR count). The molecule has 0 fully saturated rings. The maximum atomic E-state index is 11.7. The lowest BCUT2D eigenvalue weighted by Crippen LogP contribution is -2.45. The Morgan fingerprint density at radius 1 is 1.39 bits per heavy atom. The number of rotatable bonds is 10. The van der Waals surface area contributed by atoms with Crippen molar-refractivity contribution in [3.63, 3.8) is 0 Å². The molecule has 0 aromatic carbocycles. The van der Waals surface area contributed by atoms with Crippen molar-refractivity contribution < 1.29 is 23.1 Å². The maximum Gasteiger partial charge on any atom is 0.322 e. The summed E-state index contributed by atoms with van der Waals surface area (Å²) in [5.74, 6) is -1.45. The predicted octanol–water partition coefficient (Wildman–Crippen LogP) is 0.832. The summed E-state index contributed by atoms with van der Waals surface area (Å²) in [7, 11) is -2.00. The number of carbonyl (C=O) groups is 1. The fourth-order valence-corrected chi connectivity index (χ4v) is 2.86. The Bertz CT molecular complexity index is 341. The van der Waals surface area contributed by atoms with Gasteiger partial charge in [-0.05, 0) is 18.8 Å². The summed E-state index contributed by atoms with van der Waals surface area (Å²) < 4.78 is 30.5. The van der Waals surface area contributed by atoms with Crippen LogP contribution in [-0.2, 0) is 19.6 Å². The third-order valence-corrected chi connectivity index (χ3v) is 4.24. The molecule has 2 N–H and O–H groups in total. The molecule has 0 spiro atoms. The molecular weight excluding hydrogens is 258 g/mol. The Morgan fingerprint density at radius 3 is 2.44 bits per heavy atom. The van der Waals surface area contributed by atoms with Gasteiger partial charge >= 0.3 is 5.97 Å². The standard InChI is InChI=1S/C11H23NO5S/c1-4-9(2)10(11(13)14)12-18(15,16)8-6-5-7-17-3/h9-10,12H,4-8H2,1-3H3,(H,13,14)/t9-,10-/m0/s1. The molecule has 18 heavy (non-hydrogen) atoms. The SMILES string of the molecule is CC[C@H](C)[C@H](NS(=O)(=O)CCCCOC)C(=O)O. The van der Waals surface area contributed by atoms with Crippen LogP contribution in [0.15, 0.2) is 0 Å². The monoisotopic (exact) mass is 281 g/mol. The molecule has 0 bridgehead atoms. The second-order valence-corrected chi connectivity index (χ2v) is 6.21. The van der Waals surface area contributed by atoms with Crippen LogP contribution in [0.5, 0.6) is 0 Å². The van der Waals surface area contributed by atoms with Crippen LogP contribution in [0.3, 0.4) is 0 Å². The van der Waals surface area contributed by atoms with Gasteiger partial charge in [0.05, 0.1) is 5.75 Å². The molecule has 0 unspecified atom stereocenters. The first-order valence-corrected chi connectivity index (χ1v) is 7.71. The van der Waals surface area contributed by atoms with E-state index in [1.165, 1.54) is 0 Å². The van der Waals surface area contributed by atoms with Crippen molar-refractivity contribution >= 4 is 16.0 Å². The molecule has 2 atom stereocenters. The molecule has 0 amide bonds. The first-order chi connectivity index (χ1) is 8.34. The second-order valence-electron chi connectivity index (χ2n) is 4.34. The van der Waals surface area contributed by atoms with Crippen LogP contribution in [0, 0.1) is 5.92 Å². The molecule has 0 aromatic heterocycles. The molecule has 0 aromatic rings. The van der Waals surface area contributed by atoms with Gasteiger partial charge in [0.2, 0.25) is 10.0 Å². The quantitative estimate of drug-likeness (QED) is 0.579. The van der Waals surface area contributed by atoms with E-state index in [1.54, 1.807) is 14.0 Å². The zero-order chi connectivity index (χ0) is 14.2. The van der Waals surface area contributed by atoms with E-state index in [2.05, 4.69) is 4.72 Å². The van der Waals surface area contributed by atoms with Gasteiger partial charge in [0, 0.05) is 13.7 Å². The van der Waals surface area contributed by atoms with Crippen LogP contribution in [-0.4, -0.2) is 45.0 Å². The Morgan fingerprint density at radius 2 is 2.00 bits per heavy atom. The minimum atomic E-state index is -3.55. The number of hydrogen-bond acceptors (Lipinski definition) is 4. The average molecular weight is 281 g/mol. The zero-order valence-electron chi connectivity index (χ0n) is 11.2. The van der Waals surface area contributed by atoms with E-state index in [4.69, 9.17) is 9.84 Å². The van der Waals surface area contributed by atoms with Crippen LogP contribution in [0.25, 0.3) is 0 Å². The Labute approximate surface area is 109 Å². The normalized spacial score (nSPS) is 15.3. The fraction of sp³-hybridized carbons (Fsp3) is 0.909. The highest BCUT2D eigenvalue weighted by atomic mass is 32.2. The number of hydrogen-bond donors (Lipinski definition) is 2. The zero-order valence-corrected chi connectivity index (χ0v) is 12.0. The van der Waals surface area contributed by atoms with Crippen LogP contribution in [0.2, 0.25) is 0 Å². The Balaban J connectivity index is 4.38. The third kappa shape index (κ3) is 6.93.